The highest BCUT2D eigenvalue weighted by Crippen LogP contribution is 2.12. The average Bonchev–Trinajstić information content (AvgIpc) is 2.37. The molecule has 0 amide bonds. The molecule has 1 unspecified atom stereocenters. The standard InChI is InChI=1S/C15H32O3/c1-2-3-4-5-6-7-8-9-10-12-15(16)13-11-14-18-17/h15-17H,2-14H2,1H3. The molecule has 3 nitrogen and oxygen atoms in total. The molecule has 0 saturated carbocycles. The van der Waals surface area contributed by atoms with Crippen LogP contribution in [-0.2, 0) is 4.89 Å². The second-order valence-corrected chi connectivity index (χ2v) is 5.25. The van der Waals surface area contributed by atoms with Crippen molar-refractivity contribution in [3.8, 4) is 0 Å². The van der Waals surface area contributed by atoms with Crippen LogP contribution in [0.3, 0.4) is 0 Å². The fourth-order valence-electron chi connectivity index (χ4n) is 2.22. The lowest BCUT2D eigenvalue weighted by atomic mass is 10.0. The van der Waals surface area contributed by atoms with Crippen LogP contribution in [0.15, 0.2) is 0 Å². The van der Waals surface area contributed by atoms with E-state index in [9.17, 15) is 5.11 Å². The summed E-state index contributed by atoms with van der Waals surface area (Å²) in [5.74, 6) is 0. The third-order valence-corrected chi connectivity index (χ3v) is 3.41. The van der Waals surface area contributed by atoms with Crippen molar-refractivity contribution in [1.29, 1.82) is 0 Å². The topological polar surface area (TPSA) is 49.7 Å². The van der Waals surface area contributed by atoms with Gasteiger partial charge in [-0.25, -0.2) is 4.89 Å². The first-order valence-corrected chi connectivity index (χ1v) is 7.75. The molecule has 0 aliphatic carbocycles. The highest BCUT2D eigenvalue weighted by Gasteiger charge is 2.03. The van der Waals surface area contributed by atoms with E-state index in [1.54, 1.807) is 0 Å². The van der Waals surface area contributed by atoms with Crippen molar-refractivity contribution in [3.63, 3.8) is 0 Å². The van der Waals surface area contributed by atoms with Crippen molar-refractivity contribution < 1.29 is 15.3 Å². The van der Waals surface area contributed by atoms with E-state index in [-0.39, 0.29) is 6.10 Å². The van der Waals surface area contributed by atoms with Gasteiger partial charge in [0.05, 0.1) is 12.7 Å². The maximum Gasteiger partial charge on any atom is 0.0820 e. The van der Waals surface area contributed by atoms with Gasteiger partial charge >= 0.3 is 0 Å². The molecular formula is C15H32O3. The van der Waals surface area contributed by atoms with Gasteiger partial charge in [-0.1, -0.05) is 64.7 Å². The minimum atomic E-state index is -0.218. The van der Waals surface area contributed by atoms with E-state index in [4.69, 9.17) is 5.26 Å². The van der Waals surface area contributed by atoms with E-state index in [1.807, 2.05) is 0 Å². The molecule has 0 aliphatic rings. The highest BCUT2D eigenvalue weighted by molar-refractivity contribution is 4.56. The average molecular weight is 260 g/mol. The number of hydrogen-bond acceptors (Lipinski definition) is 3. The van der Waals surface area contributed by atoms with Gasteiger partial charge < -0.3 is 5.11 Å². The van der Waals surface area contributed by atoms with E-state index >= 15 is 0 Å². The number of aliphatic hydroxyl groups is 1. The van der Waals surface area contributed by atoms with Crippen molar-refractivity contribution in [1.82, 2.24) is 0 Å². The van der Waals surface area contributed by atoms with Crippen LogP contribution in [0.4, 0.5) is 0 Å². The zero-order chi connectivity index (χ0) is 13.5. The molecule has 0 radical (unpaired) electrons. The van der Waals surface area contributed by atoms with Gasteiger partial charge in [0.25, 0.3) is 0 Å². The molecule has 0 rings (SSSR count). The fourth-order valence-corrected chi connectivity index (χ4v) is 2.22. The predicted octanol–water partition coefficient (Wildman–Crippen LogP) is 4.54. The fraction of sp³-hybridized carbons (Fsp3) is 1.00. The van der Waals surface area contributed by atoms with Gasteiger partial charge in [0, 0.05) is 0 Å². The Morgan fingerprint density at radius 1 is 0.778 bits per heavy atom. The third-order valence-electron chi connectivity index (χ3n) is 3.41. The summed E-state index contributed by atoms with van der Waals surface area (Å²) in [7, 11) is 0. The van der Waals surface area contributed by atoms with Gasteiger partial charge in [-0.05, 0) is 19.3 Å². The quantitative estimate of drug-likeness (QED) is 0.274. The summed E-state index contributed by atoms with van der Waals surface area (Å²) in [4.78, 5) is 3.98. The van der Waals surface area contributed by atoms with Crippen molar-refractivity contribution in [2.45, 2.75) is 90.1 Å². The summed E-state index contributed by atoms with van der Waals surface area (Å²) in [6, 6.07) is 0. The van der Waals surface area contributed by atoms with Crippen LogP contribution in [0.5, 0.6) is 0 Å². The maximum atomic E-state index is 9.64. The van der Waals surface area contributed by atoms with E-state index < -0.39 is 0 Å². The van der Waals surface area contributed by atoms with Crippen LogP contribution in [0.25, 0.3) is 0 Å². The molecule has 0 aromatic rings. The SMILES string of the molecule is CCCCCCCCCCCC(O)CCCOO. The normalized spacial score (nSPS) is 12.8. The summed E-state index contributed by atoms with van der Waals surface area (Å²) in [5, 5.41) is 17.8. The number of unbranched alkanes of at least 4 members (excludes halogenated alkanes) is 8. The number of aliphatic hydroxyl groups excluding tert-OH is 1. The first kappa shape index (κ1) is 17.9. The molecule has 3 heteroatoms. The Kier molecular flexibility index (Phi) is 14.8. The Morgan fingerprint density at radius 3 is 1.83 bits per heavy atom. The number of rotatable bonds is 14. The van der Waals surface area contributed by atoms with Crippen LogP contribution in [-0.4, -0.2) is 23.1 Å². The van der Waals surface area contributed by atoms with E-state index in [2.05, 4.69) is 11.8 Å². The van der Waals surface area contributed by atoms with E-state index in [1.165, 1.54) is 51.4 Å². The van der Waals surface area contributed by atoms with Crippen LogP contribution in [0, 0.1) is 0 Å². The zero-order valence-corrected chi connectivity index (χ0v) is 12.1. The van der Waals surface area contributed by atoms with Crippen LogP contribution >= 0.6 is 0 Å². The Morgan fingerprint density at radius 2 is 1.28 bits per heavy atom. The molecule has 2 N–H and O–H groups in total. The second-order valence-electron chi connectivity index (χ2n) is 5.25. The smallest absolute Gasteiger partial charge is 0.0820 e. The lowest BCUT2D eigenvalue weighted by Gasteiger charge is -2.09. The highest BCUT2D eigenvalue weighted by atomic mass is 17.1. The van der Waals surface area contributed by atoms with Gasteiger partial charge in [0.2, 0.25) is 0 Å². The van der Waals surface area contributed by atoms with Crippen LogP contribution < -0.4 is 0 Å². The largest absolute Gasteiger partial charge is 0.393 e. The van der Waals surface area contributed by atoms with Crippen molar-refractivity contribution in [2.24, 2.45) is 0 Å². The first-order valence-electron chi connectivity index (χ1n) is 7.75. The summed E-state index contributed by atoms with van der Waals surface area (Å²) in [5.41, 5.74) is 0. The van der Waals surface area contributed by atoms with E-state index in [0.29, 0.717) is 6.61 Å². The molecule has 1 atom stereocenters. The Labute approximate surface area is 112 Å². The zero-order valence-electron chi connectivity index (χ0n) is 12.1. The third kappa shape index (κ3) is 13.9. The monoisotopic (exact) mass is 260 g/mol. The molecule has 18 heavy (non-hydrogen) atoms. The summed E-state index contributed by atoms with van der Waals surface area (Å²) in [6.45, 7) is 2.58. The minimum Gasteiger partial charge on any atom is -0.393 e. The molecule has 0 aromatic heterocycles. The molecule has 0 aliphatic heterocycles. The van der Waals surface area contributed by atoms with Crippen molar-refractivity contribution in [2.75, 3.05) is 6.61 Å². The first-order chi connectivity index (χ1) is 8.81. The molecule has 0 saturated heterocycles. The van der Waals surface area contributed by atoms with Gasteiger partial charge in [0.15, 0.2) is 0 Å². The van der Waals surface area contributed by atoms with Gasteiger partial charge in [-0.2, -0.15) is 0 Å². The Bertz CT molecular complexity index is 151. The van der Waals surface area contributed by atoms with Crippen molar-refractivity contribution in [3.05, 3.63) is 0 Å². The van der Waals surface area contributed by atoms with Crippen molar-refractivity contribution >= 4 is 0 Å². The molecule has 0 bridgehead atoms. The number of hydrogen-bond donors (Lipinski definition) is 2. The molecule has 0 fully saturated rings. The maximum absolute atomic E-state index is 9.64. The molecule has 110 valence electrons. The lowest BCUT2D eigenvalue weighted by molar-refractivity contribution is -0.243. The molecule has 0 heterocycles. The minimum absolute atomic E-state index is 0.218. The molecule has 0 aromatic carbocycles. The van der Waals surface area contributed by atoms with Gasteiger partial charge in [0.1, 0.15) is 0 Å². The lowest BCUT2D eigenvalue weighted by Crippen LogP contribution is -2.07. The summed E-state index contributed by atoms with van der Waals surface area (Å²) >= 11 is 0. The molecule has 0 spiro atoms. The molecular weight excluding hydrogens is 228 g/mol. The summed E-state index contributed by atoms with van der Waals surface area (Å²) in [6.07, 6.45) is 14.0. The Balaban J connectivity index is 3.05. The van der Waals surface area contributed by atoms with Crippen LogP contribution in [0.2, 0.25) is 0 Å². The van der Waals surface area contributed by atoms with Gasteiger partial charge in [-0.15, -0.1) is 0 Å². The second kappa shape index (κ2) is 14.9. The van der Waals surface area contributed by atoms with Gasteiger partial charge in [-0.3, -0.25) is 5.26 Å². The predicted molar refractivity (Wildman–Crippen MR) is 75.7 cm³/mol. The summed E-state index contributed by atoms with van der Waals surface area (Å²) < 4.78 is 0. The van der Waals surface area contributed by atoms with E-state index in [0.717, 1.165) is 25.7 Å². The Hall–Kier alpha value is -0.120. The van der Waals surface area contributed by atoms with Crippen LogP contribution in [0.1, 0.15) is 84.0 Å².